The molecule has 0 radical (unpaired) electrons. The SMILES string of the molecule is COC(=O)CCCCCNC(=O)[C@@H](Nc1ccc2c(cc1=O)[C@@H](NC(C)=O)CCc1cc(OC)c(OC)c(OC)c1-2)C(C)C. The fourth-order valence-corrected chi connectivity index (χ4v) is 5.52. The average molecular weight is 612 g/mol. The molecule has 0 unspecified atom stereocenters. The van der Waals surface area contributed by atoms with Gasteiger partial charge >= 0.3 is 5.97 Å². The molecular weight excluding hydrogens is 566 g/mol. The lowest BCUT2D eigenvalue weighted by Crippen LogP contribution is -2.44. The number of amides is 2. The van der Waals surface area contributed by atoms with E-state index in [4.69, 9.17) is 14.2 Å². The summed E-state index contributed by atoms with van der Waals surface area (Å²) in [6.07, 6.45) is 3.66. The number of methoxy groups -OCH3 is 4. The monoisotopic (exact) mass is 611 g/mol. The van der Waals surface area contributed by atoms with Crippen LogP contribution in [0.1, 0.15) is 70.0 Å². The third-order valence-corrected chi connectivity index (χ3v) is 7.76. The molecule has 240 valence electrons. The Hall–Kier alpha value is -4.28. The van der Waals surface area contributed by atoms with Gasteiger partial charge in [-0.1, -0.05) is 26.3 Å². The van der Waals surface area contributed by atoms with Crippen LogP contribution in [0.25, 0.3) is 11.1 Å². The average Bonchev–Trinajstić information content (AvgIpc) is 3.24. The quantitative estimate of drug-likeness (QED) is 0.212. The summed E-state index contributed by atoms with van der Waals surface area (Å²) in [6.45, 7) is 5.71. The van der Waals surface area contributed by atoms with Crippen LogP contribution in [-0.2, 0) is 25.5 Å². The van der Waals surface area contributed by atoms with Crippen molar-refractivity contribution in [1.29, 1.82) is 0 Å². The van der Waals surface area contributed by atoms with Crippen molar-refractivity contribution < 1.29 is 33.3 Å². The van der Waals surface area contributed by atoms with Crippen LogP contribution >= 0.6 is 0 Å². The molecule has 2 aromatic carbocycles. The topological polar surface area (TPSA) is 141 Å². The number of benzene rings is 1. The highest BCUT2D eigenvalue weighted by molar-refractivity contribution is 5.86. The molecule has 3 N–H and O–H groups in total. The van der Waals surface area contributed by atoms with Crippen LogP contribution in [0.4, 0.5) is 5.69 Å². The van der Waals surface area contributed by atoms with E-state index in [2.05, 4.69) is 20.7 Å². The molecule has 0 saturated heterocycles. The van der Waals surface area contributed by atoms with E-state index in [1.54, 1.807) is 20.3 Å². The molecule has 2 amide bonds. The van der Waals surface area contributed by atoms with Crippen molar-refractivity contribution >= 4 is 23.5 Å². The van der Waals surface area contributed by atoms with E-state index in [1.807, 2.05) is 26.0 Å². The van der Waals surface area contributed by atoms with Gasteiger partial charge in [0.25, 0.3) is 0 Å². The number of carbonyl (C=O) groups excluding carboxylic acids is 3. The van der Waals surface area contributed by atoms with E-state index in [-0.39, 0.29) is 34.8 Å². The minimum Gasteiger partial charge on any atom is -0.493 e. The highest BCUT2D eigenvalue weighted by Gasteiger charge is 2.30. The third kappa shape index (κ3) is 8.21. The maximum absolute atomic E-state index is 13.7. The molecule has 0 bridgehead atoms. The predicted octanol–water partition coefficient (Wildman–Crippen LogP) is 4.15. The first-order valence-corrected chi connectivity index (χ1v) is 14.9. The van der Waals surface area contributed by atoms with Crippen molar-refractivity contribution in [2.75, 3.05) is 40.3 Å². The highest BCUT2D eigenvalue weighted by Crippen LogP contribution is 2.50. The zero-order valence-electron chi connectivity index (χ0n) is 26.8. The van der Waals surface area contributed by atoms with Gasteiger partial charge in [0.1, 0.15) is 6.04 Å². The van der Waals surface area contributed by atoms with Crippen molar-refractivity contribution in [2.24, 2.45) is 5.92 Å². The summed E-state index contributed by atoms with van der Waals surface area (Å²) < 4.78 is 21.7. The Bertz CT molecular complexity index is 1410. The fourth-order valence-electron chi connectivity index (χ4n) is 5.52. The molecular formula is C33H45N3O8. The van der Waals surface area contributed by atoms with E-state index in [0.717, 1.165) is 17.5 Å². The number of hydrogen-bond donors (Lipinski definition) is 3. The van der Waals surface area contributed by atoms with E-state index >= 15 is 0 Å². The van der Waals surface area contributed by atoms with Gasteiger partial charge in [0.2, 0.25) is 23.0 Å². The molecule has 1 aliphatic rings. The first-order valence-electron chi connectivity index (χ1n) is 14.9. The number of anilines is 1. The Morgan fingerprint density at radius 1 is 0.955 bits per heavy atom. The first kappa shape index (κ1) is 34.2. The molecule has 11 heteroatoms. The molecule has 0 fully saturated rings. The summed E-state index contributed by atoms with van der Waals surface area (Å²) in [7, 11) is 6.01. The molecule has 44 heavy (non-hydrogen) atoms. The minimum absolute atomic E-state index is 0.123. The van der Waals surface area contributed by atoms with Crippen molar-refractivity contribution in [1.82, 2.24) is 10.6 Å². The molecule has 0 saturated carbocycles. The number of nitrogens with one attached hydrogen (secondary N) is 3. The lowest BCUT2D eigenvalue weighted by Gasteiger charge is -2.22. The standard InChI is InChI=1S/C33H45N3O8/c1-19(2)30(33(40)34-16-10-8-9-11-28(39)42-5)36-25-15-13-22-23(18-26(25)38)24(35-20(3)37)14-12-21-17-27(41-4)31(43-6)32(44-7)29(21)22/h13,15,17-19,24,30H,8-12,14,16H2,1-7H3,(H,34,40)(H,35,37)(H,36,38)/t24-,30-/m0/s1. The van der Waals surface area contributed by atoms with Gasteiger partial charge in [-0.2, -0.15) is 0 Å². The van der Waals surface area contributed by atoms with Gasteiger partial charge in [0.15, 0.2) is 11.5 Å². The summed E-state index contributed by atoms with van der Waals surface area (Å²) in [6, 6.07) is 5.82. The molecule has 11 nitrogen and oxygen atoms in total. The predicted molar refractivity (Wildman–Crippen MR) is 168 cm³/mol. The number of rotatable bonds is 14. The number of hydrogen-bond acceptors (Lipinski definition) is 9. The van der Waals surface area contributed by atoms with E-state index in [1.165, 1.54) is 27.2 Å². The Morgan fingerprint density at radius 2 is 1.68 bits per heavy atom. The smallest absolute Gasteiger partial charge is 0.305 e. The van der Waals surface area contributed by atoms with E-state index in [9.17, 15) is 19.2 Å². The zero-order valence-corrected chi connectivity index (χ0v) is 26.8. The fraction of sp³-hybridized carbons (Fsp3) is 0.515. The lowest BCUT2D eigenvalue weighted by molar-refractivity contribution is -0.140. The molecule has 0 spiro atoms. The molecule has 2 aromatic rings. The van der Waals surface area contributed by atoms with Crippen LogP contribution < -0.4 is 35.6 Å². The second-order valence-electron chi connectivity index (χ2n) is 11.1. The Morgan fingerprint density at radius 3 is 2.30 bits per heavy atom. The van der Waals surface area contributed by atoms with Crippen molar-refractivity contribution in [3.63, 3.8) is 0 Å². The van der Waals surface area contributed by atoms with Crippen LogP contribution in [0.15, 0.2) is 29.1 Å². The number of esters is 1. The number of carbonyl (C=O) groups is 3. The summed E-state index contributed by atoms with van der Waals surface area (Å²) in [5.74, 6) is 0.598. The van der Waals surface area contributed by atoms with Gasteiger partial charge in [-0.25, -0.2) is 0 Å². The second kappa shape index (κ2) is 16.0. The van der Waals surface area contributed by atoms with Gasteiger partial charge in [0.05, 0.1) is 40.2 Å². The summed E-state index contributed by atoms with van der Waals surface area (Å²) >= 11 is 0. The van der Waals surface area contributed by atoms with Crippen LogP contribution in [0.5, 0.6) is 17.2 Å². The number of ether oxygens (including phenoxy) is 4. The van der Waals surface area contributed by atoms with Crippen LogP contribution in [0.2, 0.25) is 0 Å². The molecule has 1 aliphatic carbocycles. The van der Waals surface area contributed by atoms with Crippen LogP contribution in [-0.4, -0.2) is 58.8 Å². The normalized spacial score (nSPS) is 14.3. The summed E-state index contributed by atoms with van der Waals surface area (Å²) in [5, 5.41) is 9.13. The second-order valence-corrected chi connectivity index (χ2v) is 11.1. The lowest BCUT2D eigenvalue weighted by atomic mass is 9.95. The minimum atomic E-state index is -0.669. The van der Waals surface area contributed by atoms with Gasteiger partial charge in [0, 0.05) is 25.5 Å². The Kier molecular flexibility index (Phi) is 12.4. The molecule has 3 rings (SSSR count). The maximum atomic E-state index is 13.7. The zero-order chi connectivity index (χ0) is 32.4. The van der Waals surface area contributed by atoms with Gasteiger partial charge in [-0.15, -0.1) is 0 Å². The Labute approximate surface area is 259 Å². The summed E-state index contributed by atoms with van der Waals surface area (Å²) in [4.78, 5) is 50.4. The maximum Gasteiger partial charge on any atom is 0.305 e. The molecule has 0 heterocycles. The van der Waals surface area contributed by atoms with Gasteiger partial charge in [-0.05, 0) is 66.5 Å². The van der Waals surface area contributed by atoms with Crippen molar-refractivity contribution in [3.8, 4) is 28.4 Å². The molecule has 2 atom stereocenters. The Balaban J connectivity index is 1.99. The van der Waals surface area contributed by atoms with Crippen LogP contribution in [0, 0.1) is 5.92 Å². The van der Waals surface area contributed by atoms with Crippen LogP contribution in [0.3, 0.4) is 0 Å². The van der Waals surface area contributed by atoms with E-state index < -0.39 is 12.1 Å². The van der Waals surface area contributed by atoms with Crippen molar-refractivity contribution in [3.05, 3.63) is 45.6 Å². The summed E-state index contributed by atoms with van der Waals surface area (Å²) in [5.41, 5.74) is 2.96. The molecule has 0 aliphatic heterocycles. The number of aryl methyl sites for hydroxylation is 1. The molecule has 0 aromatic heterocycles. The number of unbranched alkanes of at least 4 members (excludes halogenated alkanes) is 2. The number of fused-ring (bicyclic) bond motifs is 3. The van der Waals surface area contributed by atoms with Crippen molar-refractivity contribution in [2.45, 2.75) is 71.4 Å². The van der Waals surface area contributed by atoms with Gasteiger partial charge < -0.3 is 34.9 Å². The van der Waals surface area contributed by atoms with E-state index in [0.29, 0.717) is 67.0 Å². The van der Waals surface area contributed by atoms with Gasteiger partial charge in [-0.3, -0.25) is 19.2 Å². The highest BCUT2D eigenvalue weighted by atomic mass is 16.5. The largest absolute Gasteiger partial charge is 0.493 e. The first-order chi connectivity index (χ1) is 21.1. The third-order valence-electron chi connectivity index (χ3n) is 7.76.